The minimum atomic E-state index is -1.09. The SMILES string of the molecule is O=C(O)/C=C/COc1ccc(F)c(F)c1. The van der Waals surface area contributed by atoms with Crippen molar-refractivity contribution in [3.8, 4) is 5.75 Å². The Hall–Kier alpha value is -1.91. The molecule has 0 saturated heterocycles. The van der Waals surface area contributed by atoms with Crippen molar-refractivity contribution in [1.82, 2.24) is 0 Å². The lowest BCUT2D eigenvalue weighted by Crippen LogP contribution is -1.96. The largest absolute Gasteiger partial charge is 0.489 e. The van der Waals surface area contributed by atoms with Gasteiger partial charge in [0, 0.05) is 12.1 Å². The third kappa shape index (κ3) is 3.76. The fourth-order valence-corrected chi connectivity index (χ4v) is 0.860. The summed E-state index contributed by atoms with van der Waals surface area (Å²) < 4.78 is 30.1. The second kappa shape index (κ2) is 5.09. The Balaban J connectivity index is 2.51. The number of hydrogen-bond donors (Lipinski definition) is 1. The second-order valence-corrected chi connectivity index (χ2v) is 2.63. The zero-order valence-electron chi connectivity index (χ0n) is 7.61. The topological polar surface area (TPSA) is 46.5 Å². The van der Waals surface area contributed by atoms with Gasteiger partial charge in [-0.1, -0.05) is 0 Å². The maximum atomic E-state index is 12.6. The number of rotatable bonds is 4. The molecule has 0 atom stereocenters. The fourth-order valence-electron chi connectivity index (χ4n) is 0.860. The molecule has 0 aliphatic heterocycles. The first-order chi connectivity index (χ1) is 7.09. The Kier molecular flexibility index (Phi) is 3.79. The summed E-state index contributed by atoms with van der Waals surface area (Å²) in [7, 11) is 0. The van der Waals surface area contributed by atoms with E-state index in [0.29, 0.717) is 0 Å². The normalized spacial score (nSPS) is 10.5. The van der Waals surface area contributed by atoms with Crippen molar-refractivity contribution in [3.05, 3.63) is 42.0 Å². The summed E-state index contributed by atoms with van der Waals surface area (Å²) in [4.78, 5) is 10.1. The number of hydrogen-bond acceptors (Lipinski definition) is 2. The molecular formula is C10H8F2O3. The van der Waals surface area contributed by atoms with Crippen LogP contribution in [0.3, 0.4) is 0 Å². The summed E-state index contributed by atoms with van der Waals surface area (Å²) in [6.45, 7) is -0.0165. The van der Waals surface area contributed by atoms with Gasteiger partial charge in [0.2, 0.25) is 0 Å². The summed E-state index contributed by atoms with van der Waals surface area (Å²) in [6, 6.07) is 3.09. The highest BCUT2D eigenvalue weighted by Crippen LogP contribution is 2.15. The lowest BCUT2D eigenvalue weighted by molar-refractivity contribution is -0.131. The molecule has 0 bridgehead atoms. The van der Waals surface area contributed by atoms with E-state index in [1.54, 1.807) is 0 Å². The van der Waals surface area contributed by atoms with E-state index in [0.717, 1.165) is 18.2 Å². The zero-order chi connectivity index (χ0) is 11.3. The first-order valence-electron chi connectivity index (χ1n) is 4.07. The number of halogens is 2. The Morgan fingerprint density at radius 2 is 2.13 bits per heavy atom. The van der Waals surface area contributed by atoms with Gasteiger partial charge in [-0.05, 0) is 18.2 Å². The first kappa shape index (κ1) is 11.2. The molecular weight excluding hydrogens is 206 g/mol. The second-order valence-electron chi connectivity index (χ2n) is 2.63. The number of carboxylic acid groups (broad SMARTS) is 1. The number of aliphatic carboxylic acids is 1. The molecule has 80 valence electrons. The highest BCUT2D eigenvalue weighted by atomic mass is 19.2. The molecule has 1 N–H and O–H groups in total. The molecule has 1 aromatic rings. The van der Waals surface area contributed by atoms with Crippen LogP contribution in [-0.2, 0) is 4.79 Å². The molecule has 15 heavy (non-hydrogen) atoms. The van der Waals surface area contributed by atoms with Gasteiger partial charge in [0.15, 0.2) is 11.6 Å². The quantitative estimate of drug-likeness (QED) is 0.779. The van der Waals surface area contributed by atoms with E-state index < -0.39 is 17.6 Å². The van der Waals surface area contributed by atoms with Crippen LogP contribution in [0.4, 0.5) is 8.78 Å². The van der Waals surface area contributed by atoms with Crippen molar-refractivity contribution in [2.75, 3.05) is 6.61 Å². The molecule has 0 amide bonds. The lowest BCUT2D eigenvalue weighted by atomic mass is 10.3. The highest BCUT2D eigenvalue weighted by Gasteiger charge is 2.02. The van der Waals surface area contributed by atoms with Gasteiger partial charge < -0.3 is 9.84 Å². The zero-order valence-corrected chi connectivity index (χ0v) is 7.61. The third-order valence-electron chi connectivity index (χ3n) is 1.50. The molecule has 0 heterocycles. The fraction of sp³-hybridized carbons (Fsp3) is 0.100. The van der Waals surface area contributed by atoms with Gasteiger partial charge in [-0.3, -0.25) is 0 Å². The molecule has 0 saturated carbocycles. The standard InChI is InChI=1S/C10H8F2O3/c11-8-4-3-7(6-9(8)12)15-5-1-2-10(13)14/h1-4,6H,5H2,(H,13,14)/b2-1+. The maximum absolute atomic E-state index is 12.6. The van der Waals surface area contributed by atoms with E-state index in [2.05, 4.69) is 0 Å². The van der Waals surface area contributed by atoms with Crippen molar-refractivity contribution in [2.45, 2.75) is 0 Å². The van der Waals surface area contributed by atoms with E-state index in [4.69, 9.17) is 9.84 Å². The Labute approximate surface area is 84.6 Å². The summed E-state index contributed by atoms with van der Waals surface area (Å²) in [5, 5.41) is 8.24. The van der Waals surface area contributed by atoms with Crippen LogP contribution in [0, 0.1) is 11.6 Å². The van der Waals surface area contributed by atoms with Gasteiger partial charge in [0.25, 0.3) is 0 Å². The van der Waals surface area contributed by atoms with Crippen LogP contribution in [0.5, 0.6) is 5.75 Å². The molecule has 1 rings (SSSR count). The first-order valence-corrected chi connectivity index (χ1v) is 4.07. The van der Waals surface area contributed by atoms with E-state index in [1.165, 1.54) is 12.1 Å². The van der Waals surface area contributed by atoms with Crippen molar-refractivity contribution in [1.29, 1.82) is 0 Å². The van der Waals surface area contributed by atoms with Crippen LogP contribution < -0.4 is 4.74 Å². The predicted molar refractivity (Wildman–Crippen MR) is 48.6 cm³/mol. The van der Waals surface area contributed by atoms with Crippen LogP contribution >= 0.6 is 0 Å². The van der Waals surface area contributed by atoms with Gasteiger partial charge in [-0.15, -0.1) is 0 Å². The average Bonchev–Trinajstić information content (AvgIpc) is 2.18. The predicted octanol–water partition coefficient (Wildman–Crippen LogP) is 1.98. The highest BCUT2D eigenvalue weighted by molar-refractivity contribution is 5.79. The average molecular weight is 214 g/mol. The number of benzene rings is 1. The minimum Gasteiger partial charge on any atom is -0.489 e. The van der Waals surface area contributed by atoms with E-state index in [1.807, 2.05) is 0 Å². The van der Waals surface area contributed by atoms with Crippen LogP contribution in [0.15, 0.2) is 30.4 Å². The molecule has 0 unspecified atom stereocenters. The molecule has 0 aromatic heterocycles. The van der Waals surface area contributed by atoms with Crippen molar-refractivity contribution in [3.63, 3.8) is 0 Å². The van der Waals surface area contributed by atoms with E-state index >= 15 is 0 Å². The Morgan fingerprint density at radius 1 is 1.40 bits per heavy atom. The van der Waals surface area contributed by atoms with Crippen molar-refractivity contribution >= 4 is 5.97 Å². The molecule has 0 radical (unpaired) electrons. The molecule has 3 nitrogen and oxygen atoms in total. The molecule has 1 aromatic carbocycles. The van der Waals surface area contributed by atoms with Gasteiger partial charge in [-0.25, -0.2) is 13.6 Å². The number of carboxylic acids is 1. The summed E-state index contributed by atoms with van der Waals surface area (Å²) in [5.74, 6) is -2.91. The van der Waals surface area contributed by atoms with Crippen LogP contribution in [-0.4, -0.2) is 17.7 Å². The molecule has 0 fully saturated rings. The summed E-state index contributed by atoms with van der Waals surface area (Å²) >= 11 is 0. The van der Waals surface area contributed by atoms with Crippen molar-refractivity contribution in [2.24, 2.45) is 0 Å². The van der Waals surface area contributed by atoms with E-state index in [9.17, 15) is 13.6 Å². The maximum Gasteiger partial charge on any atom is 0.328 e. The van der Waals surface area contributed by atoms with Gasteiger partial charge in [0.1, 0.15) is 12.4 Å². The van der Waals surface area contributed by atoms with Gasteiger partial charge in [-0.2, -0.15) is 0 Å². The lowest BCUT2D eigenvalue weighted by Gasteiger charge is -2.02. The molecule has 0 aliphatic carbocycles. The minimum absolute atomic E-state index is 0.0165. The monoisotopic (exact) mass is 214 g/mol. The van der Waals surface area contributed by atoms with E-state index in [-0.39, 0.29) is 12.4 Å². The molecule has 0 spiro atoms. The van der Waals surface area contributed by atoms with Crippen LogP contribution in [0.25, 0.3) is 0 Å². The molecule has 5 heteroatoms. The van der Waals surface area contributed by atoms with Crippen LogP contribution in [0.1, 0.15) is 0 Å². The Bertz CT molecular complexity index is 388. The summed E-state index contributed by atoms with van der Waals surface area (Å²) in [5.41, 5.74) is 0. The summed E-state index contributed by atoms with van der Waals surface area (Å²) in [6.07, 6.45) is 2.16. The number of carbonyl (C=O) groups is 1. The van der Waals surface area contributed by atoms with Gasteiger partial charge in [0.05, 0.1) is 0 Å². The smallest absolute Gasteiger partial charge is 0.328 e. The Morgan fingerprint density at radius 3 is 2.73 bits per heavy atom. The third-order valence-corrected chi connectivity index (χ3v) is 1.50. The molecule has 0 aliphatic rings. The van der Waals surface area contributed by atoms with Crippen LogP contribution in [0.2, 0.25) is 0 Å². The van der Waals surface area contributed by atoms with Crippen molar-refractivity contribution < 1.29 is 23.4 Å². The van der Waals surface area contributed by atoms with Gasteiger partial charge >= 0.3 is 5.97 Å². The number of ether oxygens (including phenoxy) is 1.